The van der Waals surface area contributed by atoms with Gasteiger partial charge < -0.3 is 15.0 Å². The summed E-state index contributed by atoms with van der Waals surface area (Å²) in [5, 5.41) is 2.87. The van der Waals surface area contributed by atoms with Crippen LogP contribution >= 0.6 is 0 Å². The first-order valence-corrected chi connectivity index (χ1v) is 14.4. The lowest BCUT2D eigenvalue weighted by molar-refractivity contribution is -0.140. The molecule has 2 unspecified atom stereocenters. The van der Waals surface area contributed by atoms with Crippen molar-refractivity contribution >= 4 is 27.5 Å². The summed E-state index contributed by atoms with van der Waals surface area (Å²) in [5.74, 6) is -0.147. The average Bonchev–Trinajstić information content (AvgIpc) is 2.88. The van der Waals surface area contributed by atoms with E-state index in [1.807, 2.05) is 13.8 Å². The fourth-order valence-electron chi connectivity index (χ4n) is 3.86. The Labute approximate surface area is 228 Å². The second kappa shape index (κ2) is 13.7. The van der Waals surface area contributed by atoms with Gasteiger partial charge in [-0.15, -0.1) is 0 Å². The number of carbonyl (C=O) groups is 2. The van der Waals surface area contributed by atoms with E-state index in [2.05, 4.69) is 5.32 Å². The van der Waals surface area contributed by atoms with E-state index < -0.39 is 33.7 Å². The lowest BCUT2D eigenvalue weighted by atomic mass is 10.1. The topological polar surface area (TPSA) is 96.0 Å². The smallest absolute Gasteiger partial charge is 0.416 e. The van der Waals surface area contributed by atoms with Crippen LogP contribution in [0.1, 0.15) is 51.2 Å². The first-order chi connectivity index (χ1) is 18.2. The van der Waals surface area contributed by atoms with Crippen LogP contribution in [0.25, 0.3) is 0 Å². The van der Waals surface area contributed by atoms with E-state index in [0.29, 0.717) is 12.2 Å². The van der Waals surface area contributed by atoms with E-state index in [4.69, 9.17) is 4.74 Å². The van der Waals surface area contributed by atoms with Gasteiger partial charge in [-0.3, -0.25) is 13.9 Å². The number of nitrogens with zero attached hydrogens (tertiary/aromatic N) is 2. The molecule has 0 aliphatic rings. The maximum Gasteiger partial charge on any atom is 0.416 e. The molecule has 0 fully saturated rings. The number of anilines is 1. The first kappa shape index (κ1) is 31.9. The number of ether oxygens (including phenoxy) is 1. The summed E-state index contributed by atoms with van der Waals surface area (Å²) in [6.45, 7) is 5.28. The zero-order chi connectivity index (χ0) is 29.4. The number of benzene rings is 2. The van der Waals surface area contributed by atoms with Gasteiger partial charge in [-0.2, -0.15) is 13.2 Å². The molecule has 216 valence electrons. The number of carbonyl (C=O) groups excluding carboxylic acids is 2. The summed E-state index contributed by atoms with van der Waals surface area (Å²) in [4.78, 5) is 27.6. The van der Waals surface area contributed by atoms with Gasteiger partial charge in [-0.1, -0.05) is 25.1 Å². The standard InChI is InChI=1S/C27H36F3N3O5S/c1-6-19(2)31-26(35)20(3)32(18-21-10-7-13-24(16-21)38-4)25(34)14-9-15-33(39(5,36)37)23-12-8-11-22(17-23)27(28,29)30/h7-8,10-13,16-17,19-20H,6,9,14-15,18H2,1-5H3,(H,31,35). The van der Waals surface area contributed by atoms with E-state index in [0.717, 1.165) is 34.3 Å². The van der Waals surface area contributed by atoms with Crippen molar-refractivity contribution in [3.63, 3.8) is 0 Å². The predicted molar refractivity (Wildman–Crippen MR) is 144 cm³/mol. The summed E-state index contributed by atoms with van der Waals surface area (Å²) in [6, 6.07) is 10.2. The minimum atomic E-state index is -4.64. The Morgan fingerprint density at radius 1 is 1.08 bits per heavy atom. The lowest BCUT2D eigenvalue weighted by Crippen LogP contribution is -2.49. The molecule has 0 aromatic heterocycles. The van der Waals surface area contributed by atoms with Gasteiger partial charge in [0, 0.05) is 25.6 Å². The van der Waals surface area contributed by atoms with Gasteiger partial charge in [-0.25, -0.2) is 8.42 Å². The van der Waals surface area contributed by atoms with Crippen LogP contribution in [0, 0.1) is 0 Å². The normalized spacial score (nSPS) is 13.3. The van der Waals surface area contributed by atoms with Crippen molar-refractivity contribution in [1.29, 1.82) is 0 Å². The van der Waals surface area contributed by atoms with Gasteiger partial charge in [0.15, 0.2) is 0 Å². The quantitative estimate of drug-likeness (QED) is 0.380. The molecule has 2 amide bonds. The summed E-state index contributed by atoms with van der Waals surface area (Å²) < 4.78 is 70.5. The number of amides is 2. The zero-order valence-corrected chi connectivity index (χ0v) is 23.6. The van der Waals surface area contributed by atoms with Crippen LogP contribution in [0.5, 0.6) is 5.75 Å². The van der Waals surface area contributed by atoms with Crippen LogP contribution in [0.15, 0.2) is 48.5 Å². The minimum absolute atomic E-state index is 0.0243. The maximum atomic E-state index is 13.4. The van der Waals surface area contributed by atoms with Crippen molar-refractivity contribution in [3.05, 3.63) is 59.7 Å². The van der Waals surface area contributed by atoms with Gasteiger partial charge in [0.25, 0.3) is 0 Å². The van der Waals surface area contributed by atoms with Crippen LogP contribution in [0.4, 0.5) is 18.9 Å². The number of hydrogen-bond acceptors (Lipinski definition) is 5. The van der Waals surface area contributed by atoms with Crippen molar-refractivity contribution in [2.24, 2.45) is 0 Å². The number of nitrogens with one attached hydrogen (secondary N) is 1. The number of rotatable bonds is 13. The van der Waals surface area contributed by atoms with E-state index >= 15 is 0 Å². The summed E-state index contributed by atoms with van der Waals surface area (Å²) in [5.41, 5.74) is -0.391. The van der Waals surface area contributed by atoms with Gasteiger partial charge in [-0.05, 0) is 62.6 Å². The monoisotopic (exact) mass is 571 g/mol. The Bertz CT molecular complexity index is 1240. The predicted octanol–water partition coefficient (Wildman–Crippen LogP) is 4.59. The molecule has 1 N–H and O–H groups in total. The molecular weight excluding hydrogens is 535 g/mol. The number of hydrogen-bond donors (Lipinski definition) is 1. The van der Waals surface area contributed by atoms with Crippen LogP contribution in [-0.4, -0.2) is 57.1 Å². The summed E-state index contributed by atoms with van der Waals surface area (Å²) >= 11 is 0. The Balaban J connectivity index is 2.24. The molecule has 0 spiro atoms. The van der Waals surface area contributed by atoms with Crippen LogP contribution in [-0.2, 0) is 32.3 Å². The molecule has 2 atom stereocenters. The molecule has 0 saturated heterocycles. The second-order valence-electron chi connectivity index (χ2n) is 9.35. The third-order valence-corrected chi connectivity index (χ3v) is 7.46. The zero-order valence-electron chi connectivity index (χ0n) is 22.8. The van der Waals surface area contributed by atoms with E-state index in [1.165, 1.54) is 18.1 Å². The van der Waals surface area contributed by atoms with Crippen LogP contribution in [0.3, 0.4) is 0 Å². The van der Waals surface area contributed by atoms with E-state index in [9.17, 15) is 31.2 Å². The fourth-order valence-corrected chi connectivity index (χ4v) is 4.81. The second-order valence-corrected chi connectivity index (χ2v) is 11.3. The molecule has 39 heavy (non-hydrogen) atoms. The molecule has 0 bridgehead atoms. The van der Waals surface area contributed by atoms with Crippen molar-refractivity contribution in [2.75, 3.05) is 24.2 Å². The van der Waals surface area contributed by atoms with Gasteiger partial charge in [0.05, 0.1) is 24.6 Å². The third-order valence-electron chi connectivity index (χ3n) is 6.27. The third kappa shape index (κ3) is 9.45. The highest BCUT2D eigenvalue weighted by atomic mass is 32.2. The van der Waals surface area contributed by atoms with Gasteiger partial charge >= 0.3 is 6.18 Å². The molecule has 2 aromatic rings. The molecule has 0 radical (unpaired) electrons. The molecular formula is C27H36F3N3O5S. The van der Waals surface area contributed by atoms with E-state index in [1.54, 1.807) is 31.2 Å². The summed E-state index contributed by atoms with van der Waals surface area (Å²) in [7, 11) is -2.42. The number of sulfonamides is 1. The lowest BCUT2D eigenvalue weighted by Gasteiger charge is -2.30. The number of methoxy groups -OCH3 is 1. The molecule has 2 aromatic carbocycles. The van der Waals surface area contributed by atoms with Crippen molar-refractivity contribution in [1.82, 2.24) is 10.2 Å². The number of halogens is 3. The SMILES string of the molecule is CCC(C)NC(=O)C(C)N(Cc1cccc(OC)c1)C(=O)CCCN(c1cccc(C(F)(F)F)c1)S(C)(=O)=O. The van der Waals surface area contributed by atoms with Crippen molar-refractivity contribution < 1.29 is 35.9 Å². The van der Waals surface area contributed by atoms with E-state index in [-0.39, 0.29) is 43.6 Å². The largest absolute Gasteiger partial charge is 0.497 e. The molecule has 0 aliphatic carbocycles. The fraction of sp³-hybridized carbons (Fsp3) is 0.481. The maximum absolute atomic E-state index is 13.4. The number of alkyl halides is 3. The van der Waals surface area contributed by atoms with Gasteiger partial charge in [0.1, 0.15) is 11.8 Å². The van der Waals surface area contributed by atoms with Gasteiger partial charge in [0.2, 0.25) is 21.8 Å². The van der Waals surface area contributed by atoms with Crippen LogP contribution in [0.2, 0.25) is 0 Å². The molecule has 0 heterocycles. The van der Waals surface area contributed by atoms with Crippen LogP contribution < -0.4 is 14.4 Å². The highest BCUT2D eigenvalue weighted by Gasteiger charge is 2.32. The summed E-state index contributed by atoms with van der Waals surface area (Å²) in [6.07, 6.45) is -3.14. The molecule has 8 nitrogen and oxygen atoms in total. The first-order valence-electron chi connectivity index (χ1n) is 12.5. The average molecular weight is 572 g/mol. The molecule has 2 rings (SSSR count). The Hall–Kier alpha value is -3.28. The minimum Gasteiger partial charge on any atom is -0.497 e. The molecule has 12 heteroatoms. The highest BCUT2D eigenvalue weighted by molar-refractivity contribution is 7.92. The Morgan fingerprint density at radius 3 is 2.33 bits per heavy atom. The Morgan fingerprint density at radius 2 is 1.74 bits per heavy atom. The molecule has 0 aliphatic heterocycles. The van der Waals surface area contributed by atoms with Crippen molar-refractivity contribution in [2.45, 2.75) is 64.8 Å². The molecule has 0 saturated carbocycles. The Kier molecular flexibility index (Phi) is 11.2. The highest BCUT2D eigenvalue weighted by Crippen LogP contribution is 2.32. The van der Waals surface area contributed by atoms with Crippen molar-refractivity contribution in [3.8, 4) is 5.75 Å².